The zero-order valence-electron chi connectivity index (χ0n) is 10.1. The Kier molecular flexibility index (Phi) is 4.45. The van der Waals surface area contributed by atoms with Crippen molar-refractivity contribution in [3.8, 4) is 0 Å². The molecule has 0 aliphatic heterocycles. The average molecular weight is 228 g/mol. The summed E-state index contributed by atoms with van der Waals surface area (Å²) in [5.74, 6) is 0.00450. The quantitative estimate of drug-likeness (QED) is 0.406. The monoisotopic (exact) mass is 228 g/mol. The van der Waals surface area contributed by atoms with Crippen LogP contribution in [0.2, 0.25) is 0 Å². The highest BCUT2D eigenvalue weighted by Crippen LogP contribution is 2.20. The number of carbonyl (C=O) groups is 2. The molecule has 0 aromatic rings. The van der Waals surface area contributed by atoms with Crippen molar-refractivity contribution in [2.45, 2.75) is 34.6 Å². The van der Waals surface area contributed by atoms with Gasteiger partial charge in [-0.05, 0) is 34.6 Å². The zero-order valence-corrected chi connectivity index (χ0v) is 10.1. The lowest BCUT2D eigenvalue weighted by Gasteiger charge is -2.18. The molecule has 0 spiro atoms. The predicted molar refractivity (Wildman–Crippen MR) is 55.7 cm³/mol. The van der Waals surface area contributed by atoms with Crippen LogP contribution in [0.3, 0.4) is 0 Å². The maximum absolute atomic E-state index is 11.4. The molecule has 0 aromatic carbocycles. The van der Waals surface area contributed by atoms with Gasteiger partial charge in [0.1, 0.15) is 5.94 Å². The van der Waals surface area contributed by atoms with Crippen LogP contribution in [-0.4, -0.2) is 17.9 Å². The van der Waals surface area contributed by atoms with Gasteiger partial charge in [-0.15, -0.1) is 0 Å². The molecule has 0 fully saturated rings. The fourth-order valence-electron chi connectivity index (χ4n) is 0.514. The van der Waals surface area contributed by atoms with Crippen LogP contribution in [0.1, 0.15) is 34.6 Å². The fourth-order valence-corrected chi connectivity index (χ4v) is 0.514. The van der Waals surface area contributed by atoms with Crippen LogP contribution in [0.15, 0.2) is 6.08 Å². The first kappa shape index (κ1) is 14.4. The van der Waals surface area contributed by atoms with Gasteiger partial charge in [-0.2, -0.15) is 0 Å². The third-order valence-electron chi connectivity index (χ3n) is 1.75. The molecule has 5 nitrogen and oxygen atoms in total. The van der Waals surface area contributed by atoms with Crippen molar-refractivity contribution >= 4 is 17.9 Å². The van der Waals surface area contributed by atoms with Gasteiger partial charge in [0.05, 0.1) is 10.8 Å². The first-order valence-corrected chi connectivity index (χ1v) is 4.76. The molecule has 0 amide bonds. The molecular formula is C11H16O5. The highest BCUT2D eigenvalue weighted by atomic mass is 17.2. The van der Waals surface area contributed by atoms with Crippen LogP contribution in [0.5, 0.6) is 0 Å². The lowest BCUT2D eigenvalue weighted by molar-refractivity contribution is -0.269. The summed E-state index contributed by atoms with van der Waals surface area (Å²) in [7, 11) is 0. The van der Waals surface area contributed by atoms with Gasteiger partial charge < -0.3 is 0 Å². The molecule has 0 atom stereocenters. The maximum atomic E-state index is 11.4. The van der Waals surface area contributed by atoms with Crippen molar-refractivity contribution < 1.29 is 24.2 Å². The Labute approximate surface area is 94.3 Å². The van der Waals surface area contributed by atoms with Crippen LogP contribution in [0.4, 0.5) is 0 Å². The van der Waals surface area contributed by atoms with E-state index in [0.29, 0.717) is 0 Å². The van der Waals surface area contributed by atoms with Crippen LogP contribution in [0.25, 0.3) is 0 Å². The van der Waals surface area contributed by atoms with Gasteiger partial charge in [0.2, 0.25) is 0 Å². The third-order valence-corrected chi connectivity index (χ3v) is 1.75. The van der Waals surface area contributed by atoms with Gasteiger partial charge in [-0.1, -0.05) is 0 Å². The van der Waals surface area contributed by atoms with Crippen molar-refractivity contribution in [2.75, 3.05) is 0 Å². The Bertz CT molecular complexity index is 329. The average Bonchev–Trinajstić information content (AvgIpc) is 2.11. The smallest absolute Gasteiger partial charge is 0.247 e. The fraction of sp³-hybridized carbons (Fsp3) is 0.636. The van der Waals surface area contributed by atoms with E-state index in [9.17, 15) is 14.4 Å². The molecule has 0 saturated carbocycles. The largest absolute Gasteiger partial charge is 0.365 e. The molecule has 0 saturated heterocycles. The predicted octanol–water partition coefficient (Wildman–Crippen LogP) is 1.45. The number of rotatable bonds is 2. The second-order valence-electron chi connectivity index (χ2n) is 4.98. The molecule has 0 unspecified atom stereocenters. The SMILES string of the molecule is CC(C)(C)C(=O)OOC(=O)C(C)(C)C=C=O. The van der Waals surface area contributed by atoms with E-state index < -0.39 is 22.8 Å². The molecule has 0 aliphatic carbocycles. The molecule has 0 heterocycles. The van der Waals surface area contributed by atoms with Gasteiger partial charge in [-0.3, -0.25) is 0 Å². The molecule has 0 aromatic heterocycles. The number of hydrogen-bond acceptors (Lipinski definition) is 5. The Balaban J connectivity index is 4.40. The van der Waals surface area contributed by atoms with E-state index in [4.69, 9.17) is 0 Å². The van der Waals surface area contributed by atoms with Gasteiger partial charge in [0, 0.05) is 6.08 Å². The summed E-state index contributed by atoms with van der Waals surface area (Å²) < 4.78 is 0. The molecule has 0 bridgehead atoms. The third kappa shape index (κ3) is 4.28. The Hall–Kier alpha value is -1.61. The zero-order chi connectivity index (χ0) is 13.0. The minimum atomic E-state index is -1.17. The van der Waals surface area contributed by atoms with E-state index in [1.165, 1.54) is 19.8 Å². The minimum absolute atomic E-state index is 0.660. The first-order chi connectivity index (χ1) is 7.11. The minimum Gasteiger partial charge on any atom is -0.247 e. The number of carbonyl (C=O) groups excluding carboxylic acids is 3. The summed E-state index contributed by atoms with van der Waals surface area (Å²) >= 11 is 0. The van der Waals surface area contributed by atoms with Gasteiger partial charge in [-0.25, -0.2) is 24.2 Å². The standard InChI is InChI=1S/C11H16O5/c1-10(2,3)8(13)15-16-9(14)11(4,5)6-7-12/h6H,1-5H3. The first-order valence-electron chi connectivity index (χ1n) is 4.76. The highest BCUT2D eigenvalue weighted by molar-refractivity contribution is 5.81. The van der Waals surface area contributed by atoms with E-state index in [2.05, 4.69) is 9.78 Å². The van der Waals surface area contributed by atoms with E-state index in [0.717, 1.165) is 6.08 Å². The Morgan fingerprint density at radius 2 is 1.44 bits per heavy atom. The Morgan fingerprint density at radius 1 is 1.00 bits per heavy atom. The van der Waals surface area contributed by atoms with Gasteiger partial charge in [0.25, 0.3) is 0 Å². The van der Waals surface area contributed by atoms with Crippen molar-refractivity contribution in [1.29, 1.82) is 0 Å². The van der Waals surface area contributed by atoms with Crippen molar-refractivity contribution in [3.05, 3.63) is 6.08 Å². The van der Waals surface area contributed by atoms with Crippen LogP contribution in [0, 0.1) is 10.8 Å². The number of hydrogen-bond donors (Lipinski definition) is 0. The summed E-state index contributed by atoms with van der Waals surface area (Å²) in [6.45, 7) is 7.77. The Morgan fingerprint density at radius 3 is 1.81 bits per heavy atom. The molecule has 0 rings (SSSR count). The molecule has 0 radical (unpaired) electrons. The van der Waals surface area contributed by atoms with E-state index >= 15 is 0 Å². The second-order valence-corrected chi connectivity index (χ2v) is 4.98. The van der Waals surface area contributed by atoms with E-state index in [1.54, 1.807) is 20.8 Å². The highest BCUT2D eigenvalue weighted by Gasteiger charge is 2.31. The normalized spacial score (nSPS) is 11.3. The molecule has 0 aliphatic rings. The van der Waals surface area contributed by atoms with Crippen molar-refractivity contribution in [1.82, 2.24) is 0 Å². The van der Waals surface area contributed by atoms with E-state index in [1.807, 2.05) is 0 Å². The summed E-state index contributed by atoms with van der Waals surface area (Å²) in [4.78, 5) is 41.5. The summed E-state index contributed by atoms with van der Waals surface area (Å²) in [5.41, 5.74) is -1.93. The van der Waals surface area contributed by atoms with E-state index in [-0.39, 0.29) is 0 Å². The van der Waals surface area contributed by atoms with Gasteiger partial charge >= 0.3 is 11.9 Å². The van der Waals surface area contributed by atoms with Crippen LogP contribution in [-0.2, 0) is 24.2 Å². The summed E-state index contributed by atoms with van der Waals surface area (Å²) in [6, 6.07) is 0. The molecule has 0 N–H and O–H groups in total. The van der Waals surface area contributed by atoms with Crippen molar-refractivity contribution in [3.63, 3.8) is 0 Å². The molecule has 16 heavy (non-hydrogen) atoms. The lowest BCUT2D eigenvalue weighted by Crippen LogP contribution is -2.29. The molecule has 5 heteroatoms. The molecule has 90 valence electrons. The topological polar surface area (TPSA) is 69.7 Å². The second kappa shape index (κ2) is 4.94. The van der Waals surface area contributed by atoms with Gasteiger partial charge in [0.15, 0.2) is 0 Å². The van der Waals surface area contributed by atoms with Crippen LogP contribution < -0.4 is 0 Å². The molecular weight excluding hydrogens is 212 g/mol. The van der Waals surface area contributed by atoms with Crippen molar-refractivity contribution in [2.24, 2.45) is 10.8 Å². The lowest BCUT2D eigenvalue weighted by atomic mass is 9.94. The maximum Gasteiger partial charge on any atom is 0.365 e. The van der Waals surface area contributed by atoms with Crippen LogP contribution >= 0.6 is 0 Å². The summed E-state index contributed by atoms with van der Waals surface area (Å²) in [6.07, 6.45) is 1.00. The summed E-state index contributed by atoms with van der Waals surface area (Å²) in [5, 5.41) is 0.